The lowest BCUT2D eigenvalue weighted by Gasteiger charge is -2.10. The van der Waals surface area contributed by atoms with Crippen molar-refractivity contribution < 1.29 is 28.8 Å². The van der Waals surface area contributed by atoms with Gasteiger partial charge in [-0.05, 0) is 37.1 Å². The number of hydrogen-bond acceptors (Lipinski definition) is 7. The summed E-state index contributed by atoms with van der Waals surface area (Å²) in [7, 11) is 1.11. The van der Waals surface area contributed by atoms with Gasteiger partial charge in [-0.2, -0.15) is 0 Å². The Bertz CT molecular complexity index is 953. The van der Waals surface area contributed by atoms with E-state index in [0.717, 1.165) is 36.4 Å². The van der Waals surface area contributed by atoms with Crippen LogP contribution in [-0.2, 0) is 14.3 Å². The lowest BCUT2D eigenvalue weighted by molar-refractivity contribution is -0.384. The van der Waals surface area contributed by atoms with E-state index in [0.29, 0.717) is 5.69 Å². The molecule has 0 heterocycles. The second-order valence-corrected chi connectivity index (χ2v) is 5.96. The summed E-state index contributed by atoms with van der Waals surface area (Å²) in [4.78, 5) is 46.1. The highest BCUT2D eigenvalue weighted by atomic mass is 16.6. The van der Waals surface area contributed by atoms with Gasteiger partial charge in [-0.15, -0.1) is 0 Å². The molecule has 0 aliphatic rings. The Balaban J connectivity index is 2.10. The molecule has 9 heteroatoms. The van der Waals surface area contributed by atoms with Crippen molar-refractivity contribution in [1.29, 1.82) is 0 Å². The number of nitrogens with one attached hydrogen (secondary N) is 1. The lowest BCUT2D eigenvalue weighted by Crippen LogP contribution is -2.21. The van der Waals surface area contributed by atoms with Crippen LogP contribution in [0.1, 0.15) is 31.8 Å². The summed E-state index contributed by atoms with van der Waals surface area (Å²) in [6.07, 6.45) is 0. The predicted octanol–water partition coefficient (Wildman–Crippen LogP) is 2.79. The van der Waals surface area contributed by atoms with Gasteiger partial charge in [-0.1, -0.05) is 12.1 Å². The summed E-state index contributed by atoms with van der Waals surface area (Å²) in [6, 6.07) is 8.55. The summed E-state index contributed by atoms with van der Waals surface area (Å²) in [5.41, 5.74) is 1.48. The first-order chi connectivity index (χ1) is 13.2. The number of anilines is 1. The van der Waals surface area contributed by atoms with Crippen LogP contribution >= 0.6 is 0 Å². The van der Waals surface area contributed by atoms with E-state index in [-0.39, 0.29) is 11.1 Å². The Hall–Kier alpha value is -3.75. The van der Waals surface area contributed by atoms with E-state index in [1.165, 1.54) is 0 Å². The van der Waals surface area contributed by atoms with Crippen LogP contribution in [0.15, 0.2) is 36.4 Å². The maximum Gasteiger partial charge on any atom is 0.338 e. The summed E-state index contributed by atoms with van der Waals surface area (Å²) >= 11 is 0. The van der Waals surface area contributed by atoms with Gasteiger partial charge in [-0.25, -0.2) is 9.59 Å². The topological polar surface area (TPSA) is 125 Å². The highest BCUT2D eigenvalue weighted by molar-refractivity contribution is 5.98. The van der Waals surface area contributed by atoms with Crippen molar-refractivity contribution in [2.75, 3.05) is 19.0 Å². The Morgan fingerprint density at radius 1 is 1.04 bits per heavy atom. The second-order valence-electron chi connectivity index (χ2n) is 5.96. The minimum atomic E-state index is -0.982. The Labute approximate surface area is 160 Å². The molecule has 28 heavy (non-hydrogen) atoms. The number of ether oxygens (including phenoxy) is 2. The van der Waals surface area contributed by atoms with Gasteiger partial charge in [0.15, 0.2) is 6.61 Å². The normalized spacial score (nSPS) is 10.1. The monoisotopic (exact) mass is 386 g/mol. The molecule has 2 aromatic rings. The number of carbonyl (C=O) groups excluding carboxylic acids is 3. The highest BCUT2D eigenvalue weighted by Crippen LogP contribution is 2.19. The summed E-state index contributed by atoms with van der Waals surface area (Å²) < 4.78 is 9.42. The van der Waals surface area contributed by atoms with E-state index < -0.39 is 35.1 Å². The standard InChI is InChI=1S/C19H18N2O7/c1-11-4-5-12(2)16(6-11)20-17(22)10-28-19(24)14-7-13(18(23)27-3)8-15(9-14)21(25)26/h4-9H,10H2,1-3H3,(H,20,22). The molecular formula is C19H18N2O7. The number of methoxy groups -OCH3 is 1. The molecule has 1 amide bonds. The van der Waals surface area contributed by atoms with Gasteiger partial charge in [0.1, 0.15) is 0 Å². The molecule has 0 unspecified atom stereocenters. The smallest absolute Gasteiger partial charge is 0.338 e. The van der Waals surface area contributed by atoms with Crippen LogP contribution in [-0.4, -0.2) is 36.5 Å². The molecule has 0 aliphatic carbocycles. The van der Waals surface area contributed by atoms with Crippen molar-refractivity contribution in [1.82, 2.24) is 0 Å². The van der Waals surface area contributed by atoms with Crippen molar-refractivity contribution in [3.8, 4) is 0 Å². The Kier molecular flexibility index (Phi) is 6.43. The van der Waals surface area contributed by atoms with Crippen LogP contribution in [0.4, 0.5) is 11.4 Å². The summed E-state index contributed by atoms with van der Waals surface area (Å²) in [5.74, 6) is -2.39. The third kappa shape index (κ3) is 5.13. The van der Waals surface area contributed by atoms with Crippen LogP contribution in [0, 0.1) is 24.0 Å². The molecule has 0 radical (unpaired) electrons. The molecule has 0 atom stereocenters. The van der Waals surface area contributed by atoms with Crippen LogP contribution in [0.3, 0.4) is 0 Å². The molecule has 0 bridgehead atoms. The molecule has 1 N–H and O–H groups in total. The van der Waals surface area contributed by atoms with Gasteiger partial charge >= 0.3 is 11.9 Å². The number of rotatable bonds is 6. The first-order valence-electron chi connectivity index (χ1n) is 8.13. The van der Waals surface area contributed by atoms with E-state index in [1.807, 2.05) is 26.0 Å². The molecule has 0 spiro atoms. The zero-order valence-electron chi connectivity index (χ0n) is 15.5. The van der Waals surface area contributed by atoms with Gasteiger partial charge in [-0.3, -0.25) is 14.9 Å². The first-order valence-corrected chi connectivity index (χ1v) is 8.13. The lowest BCUT2D eigenvalue weighted by atomic mass is 10.1. The number of nitrogens with zero attached hydrogens (tertiary/aromatic N) is 1. The van der Waals surface area contributed by atoms with Crippen LogP contribution in [0.5, 0.6) is 0 Å². The maximum atomic E-state index is 12.2. The number of benzene rings is 2. The van der Waals surface area contributed by atoms with E-state index in [1.54, 1.807) is 6.07 Å². The number of hydrogen-bond donors (Lipinski definition) is 1. The van der Waals surface area contributed by atoms with E-state index in [4.69, 9.17) is 4.74 Å². The zero-order valence-corrected chi connectivity index (χ0v) is 15.5. The quantitative estimate of drug-likeness (QED) is 0.460. The van der Waals surface area contributed by atoms with Crippen LogP contribution < -0.4 is 5.32 Å². The van der Waals surface area contributed by atoms with E-state index >= 15 is 0 Å². The fourth-order valence-corrected chi connectivity index (χ4v) is 2.34. The van der Waals surface area contributed by atoms with Crippen molar-refractivity contribution in [3.63, 3.8) is 0 Å². The van der Waals surface area contributed by atoms with Crippen molar-refractivity contribution in [3.05, 3.63) is 68.8 Å². The van der Waals surface area contributed by atoms with E-state index in [2.05, 4.69) is 10.1 Å². The average molecular weight is 386 g/mol. The molecule has 0 saturated heterocycles. The van der Waals surface area contributed by atoms with Gasteiger partial charge in [0.2, 0.25) is 0 Å². The van der Waals surface area contributed by atoms with Gasteiger partial charge in [0.25, 0.3) is 11.6 Å². The third-order valence-electron chi connectivity index (χ3n) is 3.79. The number of nitro benzene ring substituents is 1. The van der Waals surface area contributed by atoms with Gasteiger partial charge in [0, 0.05) is 17.8 Å². The number of nitro groups is 1. The van der Waals surface area contributed by atoms with Gasteiger partial charge < -0.3 is 14.8 Å². The predicted molar refractivity (Wildman–Crippen MR) is 99.3 cm³/mol. The fourth-order valence-electron chi connectivity index (χ4n) is 2.34. The molecule has 146 valence electrons. The second kappa shape index (κ2) is 8.76. The number of esters is 2. The number of aryl methyl sites for hydroxylation is 2. The zero-order chi connectivity index (χ0) is 20.8. The molecule has 2 rings (SSSR count). The van der Waals surface area contributed by atoms with Crippen molar-refractivity contribution in [2.45, 2.75) is 13.8 Å². The van der Waals surface area contributed by atoms with Crippen LogP contribution in [0.2, 0.25) is 0 Å². The van der Waals surface area contributed by atoms with Crippen LogP contribution in [0.25, 0.3) is 0 Å². The largest absolute Gasteiger partial charge is 0.465 e. The van der Waals surface area contributed by atoms with Crippen molar-refractivity contribution in [2.24, 2.45) is 0 Å². The molecule has 2 aromatic carbocycles. The minimum absolute atomic E-state index is 0.177. The summed E-state index contributed by atoms with van der Waals surface area (Å²) in [6.45, 7) is 3.09. The maximum absolute atomic E-state index is 12.2. The molecule has 0 fully saturated rings. The first kappa shape index (κ1) is 20.6. The third-order valence-corrected chi connectivity index (χ3v) is 3.79. The Morgan fingerprint density at radius 2 is 1.68 bits per heavy atom. The van der Waals surface area contributed by atoms with Gasteiger partial charge in [0.05, 0.1) is 23.2 Å². The minimum Gasteiger partial charge on any atom is -0.465 e. The fraction of sp³-hybridized carbons (Fsp3) is 0.211. The van der Waals surface area contributed by atoms with Crippen molar-refractivity contribution >= 4 is 29.2 Å². The SMILES string of the molecule is COC(=O)c1cc(C(=O)OCC(=O)Nc2cc(C)ccc2C)cc([N+](=O)[O-])c1. The highest BCUT2D eigenvalue weighted by Gasteiger charge is 2.20. The number of non-ortho nitro benzene ring substituents is 1. The number of carbonyl (C=O) groups is 3. The molecule has 0 aromatic heterocycles. The Morgan fingerprint density at radius 3 is 2.29 bits per heavy atom. The summed E-state index contributed by atoms with van der Waals surface area (Å²) in [5, 5.41) is 13.6. The molecule has 9 nitrogen and oxygen atoms in total. The number of amides is 1. The molecular weight excluding hydrogens is 368 g/mol. The molecule has 0 saturated carbocycles. The average Bonchev–Trinajstić information content (AvgIpc) is 2.67. The van der Waals surface area contributed by atoms with E-state index in [9.17, 15) is 24.5 Å². The molecule has 0 aliphatic heterocycles.